The summed E-state index contributed by atoms with van der Waals surface area (Å²) in [5.74, 6) is 0. The van der Waals surface area contributed by atoms with Crippen molar-refractivity contribution in [3.63, 3.8) is 0 Å². The van der Waals surface area contributed by atoms with E-state index >= 15 is 0 Å². The van der Waals surface area contributed by atoms with Crippen LogP contribution >= 0.6 is 11.3 Å². The van der Waals surface area contributed by atoms with Crippen LogP contribution in [0.2, 0.25) is 0 Å². The molecule has 0 unspecified atom stereocenters. The molecule has 2 rings (SSSR count). The summed E-state index contributed by atoms with van der Waals surface area (Å²) in [6, 6.07) is 0. The molecular formula is C11H19N3S. The Morgan fingerprint density at radius 3 is 2.80 bits per heavy atom. The highest BCUT2D eigenvalue weighted by molar-refractivity contribution is 7.11. The van der Waals surface area contributed by atoms with Crippen molar-refractivity contribution in [2.45, 2.75) is 26.8 Å². The molecule has 2 heterocycles. The van der Waals surface area contributed by atoms with Gasteiger partial charge in [-0.1, -0.05) is 6.92 Å². The number of piperazine rings is 1. The summed E-state index contributed by atoms with van der Waals surface area (Å²) < 4.78 is 0. The number of aromatic nitrogens is 1. The Labute approximate surface area is 95.5 Å². The molecule has 1 saturated heterocycles. The summed E-state index contributed by atoms with van der Waals surface area (Å²) in [4.78, 5) is 8.56. The van der Waals surface area contributed by atoms with Crippen molar-refractivity contribution < 1.29 is 0 Å². The fourth-order valence-electron chi connectivity index (χ4n) is 1.98. The molecule has 0 bridgehead atoms. The highest BCUT2D eigenvalue weighted by Crippen LogP contribution is 2.20. The SMILES string of the molecule is CCc1nc(C)sc1CN1CCNCC1. The molecule has 0 spiro atoms. The molecule has 1 aromatic rings. The maximum Gasteiger partial charge on any atom is 0.0900 e. The first-order chi connectivity index (χ1) is 7.29. The van der Waals surface area contributed by atoms with Gasteiger partial charge in [-0.3, -0.25) is 4.90 Å². The Balaban J connectivity index is 2.02. The first kappa shape index (κ1) is 11.0. The van der Waals surface area contributed by atoms with Crippen molar-refractivity contribution in [3.05, 3.63) is 15.6 Å². The van der Waals surface area contributed by atoms with Crippen LogP contribution in [-0.2, 0) is 13.0 Å². The largest absolute Gasteiger partial charge is 0.314 e. The van der Waals surface area contributed by atoms with Gasteiger partial charge in [0.2, 0.25) is 0 Å². The van der Waals surface area contributed by atoms with Crippen LogP contribution in [0.25, 0.3) is 0 Å². The highest BCUT2D eigenvalue weighted by Gasteiger charge is 2.14. The molecule has 1 fully saturated rings. The lowest BCUT2D eigenvalue weighted by molar-refractivity contribution is 0.234. The van der Waals surface area contributed by atoms with Gasteiger partial charge in [-0.15, -0.1) is 11.3 Å². The van der Waals surface area contributed by atoms with Crippen LogP contribution in [0.5, 0.6) is 0 Å². The van der Waals surface area contributed by atoms with Crippen molar-refractivity contribution in [2.24, 2.45) is 0 Å². The lowest BCUT2D eigenvalue weighted by Crippen LogP contribution is -2.42. The second-order valence-corrected chi connectivity index (χ2v) is 5.27. The molecule has 0 amide bonds. The molecule has 1 aliphatic rings. The monoisotopic (exact) mass is 225 g/mol. The molecule has 84 valence electrons. The second-order valence-electron chi connectivity index (χ2n) is 3.98. The molecule has 1 aliphatic heterocycles. The van der Waals surface area contributed by atoms with E-state index in [-0.39, 0.29) is 0 Å². The zero-order chi connectivity index (χ0) is 10.7. The Hall–Kier alpha value is -0.450. The Kier molecular flexibility index (Phi) is 3.72. The summed E-state index contributed by atoms with van der Waals surface area (Å²) in [6.45, 7) is 9.97. The number of hydrogen-bond donors (Lipinski definition) is 1. The molecule has 0 aliphatic carbocycles. The summed E-state index contributed by atoms with van der Waals surface area (Å²) >= 11 is 1.86. The van der Waals surface area contributed by atoms with Gasteiger partial charge >= 0.3 is 0 Å². The standard InChI is InChI=1S/C11H19N3S/c1-3-10-11(15-9(2)13-10)8-14-6-4-12-5-7-14/h12H,3-8H2,1-2H3. The minimum Gasteiger partial charge on any atom is -0.314 e. The second kappa shape index (κ2) is 5.05. The van der Waals surface area contributed by atoms with Crippen molar-refractivity contribution in [3.8, 4) is 0 Å². The van der Waals surface area contributed by atoms with E-state index in [0.29, 0.717) is 0 Å². The Morgan fingerprint density at radius 1 is 1.40 bits per heavy atom. The van der Waals surface area contributed by atoms with E-state index in [1.54, 1.807) is 0 Å². The number of nitrogens with one attached hydrogen (secondary N) is 1. The quantitative estimate of drug-likeness (QED) is 0.843. The molecule has 0 saturated carbocycles. The number of nitrogens with zero attached hydrogens (tertiary/aromatic N) is 2. The number of thiazole rings is 1. The minimum absolute atomic E-state index is 1.06. The van der Waals surface area contributed by atoms with Crippen LogP contribution in [0.15, 0.2) is 0 Å². The van der Waals surface area contributed by atoms with E-state index in [9.17, 15) is 0 Å². The fraction of sp³-hybridized carbons (Fsp3) is 0.727. The van der Waals surface area contributed by atoms with Gasteiger partial charge < -0.3 is 5.32 Å². The topological polar surface area (TPSA) is 28.2 Å². The summed E-state index contributed by atoms with van der Waals surface area (Å²) in [7, 11) is 0. The normalized spacial score (nSPS) is 18.3. The predicted octanol–water partition coefficient (Wildman–Crippen LogP) is 1.42. The van der Waals surface area contributed by atoms with Gasteiger partial charge in [-0.05, 0) is 13.3 Å². The van der Waals surface area contributed by atoms with Crippen molar-refractivity contribution in [2.75, 3.05) is 26.2 Å². The molecule has 1 N–H and O–H groups in total. The third kappa shape index (κ3) is 2.77. The number of rotatable bonds is 3. The van der Waals surface area contributed by atoms with E-state index in [4.69, 9.17) is 0 Å². The van der Waals surface area contributed by atoms with Gasteiger partial charge in [0.25, 0.3) is 0 Å². The van der Waals surface area contributed by atoms with E-state index in [1.807, 2.05) is 11.3 Å². The lowest BCUT2D eigenvalue weighted by atomic mass is 10.2. The third-order valence-electron chi connectivity index (χ3n) is 2.80. The van der Waals surface area contributed by atoms with Gasteiger partial charge in [0, 0.05) is 37.6 Å². The Morgan fingerprint density at radius 2 is 2.13 bits per heavy atom. The average Bonchev–Trinajstić information content (AvgIpc) is 2.60. The molecule has 0 atom stereocenters. The van der Waals surface area contributed by atoms with Gasteiger partial charge in [0.1, 0.15) is 0 Å². The first-order valence-corrected chi connectivity index (χ1v) is 6.49. The summed E-state index contributed by atoms with van der Waals surface area (Å²) in [5, 5.41) is 4.59. The fourth-order valence-corrected chi connectivity index (χ4v) is 3.05. The van der Waals surface area contributed by atoms with E-state index < -0.39 is 0 Å². The smallest absolute Gasteiger partial charge is 0.0900 e. The van der Waals surface area contributed by atoms with Crippen LogP contribution in [0, 0.1) is 6.92 Å². The highest BCUT2D eigenvalue weighted by atomic mass is 32.1. The lowest BCUT2D eigenvalue weighted by Gasteiger charge is -2.26. The zero-order valence-corrected chi connectivity index (χ0v) is 10.4. The van der Waals surface area contributed by atoms with Gasteiger partial charge in [0.15, 0.2) is 0 Å². The molecule has 15 heavy (non-hydrogen) atoms. The van der Waals surface area contributed by atoms with E-state index in [2.05, 4.69) is 29.0 Å². The van der Waals surface area contributed by atoms with Gasteiger partial charge in [0.05, 0.1) is 10.7 Å². The summed E-state index contributed by atoms with van der Waals surface area (Å²) in [6.07, 6.45) is 1.06. The molecule has 0 aromatic carbocycles. The van der Waals surface area contributed by atoms with E-state index in [0.717, 1.165) is 26.1 Å². The summed E-state index contributed by atoms with van der Waals surface area (Å²) in [5.41, 5.74) is 1.30. The van der Waals surface area contributed by atoms with Crippen molar-refractivity contribution >= 4 is 11.3 Å². The molecule has 3 nitrogen and oxygen atoms in total. The van der Waals surface area contributed by atoms with Crippen LogP contribution in [0.4, 0.5) is 0 Å². The number of hydrogen-bond acceptors (Lipinski definition) is 4. The zero-order valence-electron chi connectivity index (χ0n) is 9.55. The predicted molar refractivity (Wildman–Crippen MR) is 64.4 cm³/mol. The van der Waals surface area contributed by atoms with Crippen molar-refractivity contribution in [1.82, 2.24) is 15.2 Å². The minimum atomic E-state index is 1.06. The molecule has 1 aromatic heterocycles. The van der Waals surface area contributed by atoms with Crippen molar-refractivity contribution in [1.29, 1.82) is 0 Å². The first-order valence-electron chi connectivity index (χ1n) is 5.68. The third-order valence-corrected chi connectivity index (χ3v) is 3.79. The van der Waals surface area contributed by atoms with Crippen LogP contribution in [0.3, 0.4) is 0 Å². The van der Waals surface area contributed by atoms with Crippen LogP contribution < -0.4 is 5.32 Å². The average molecular weight is 225 g/mol. The van der Waals surface area contributed by atoms with E-state index in [1.165, 1.54) is 28.7 Å². The molecular weight excluding hydrogens is 206 g/mol. The van der Waals surface area contributed by atoms with Crippen LogP contribution in [-0.4, -0.2) is 36.1 Å². The van der Waals surface area contributed by atoms with Gasteiger partial charge in [-0.25, -0.2) is 4.98 Å². The maximum atomic E-state index is 4.57. The Bertz CT molecular complexity index is 316. The molecule has 4 heteroatoms. The molecule has 0 radical (unpaired) electrons. The van der Waals surface area contributed by atoms with Gasteiger partial charge in [-0.2, -0.15) is 0 Å². The number of aryl methyl sites for hydroxylation is 2. The van der Waals surface area contributed by atoms with Crippen LogP contribution in [0.1, 0.15) is 22.5 Å². The maximum absolute atomic E-state index is 4.57.